The van der Waals surface area contributed by atoms with Crippen LogP contribution in [0.15, 0.2) is 18.2 Å². The Morgan fingerprint density at radius 3 is 2.80 bits per heavy atom. The number of halogens is 3. The number of hydrogen-bond donors (Lipinski definition) is 2. The summed E-state index contributed by atoms with van der Waals surface area (Å²) in [6.07, 6.45) is 3.24. The second-order valence-electron chi connectivity index (χ2n) is 4.86. The first-order valence-corrected chi connectivity index (χ1v) is 7.35. The molecule has 1 aliphatic rings. The van der Waals surface area contributed by atoms with Gasteiger partial charge in [0.05, 0.1) is 10.0 Å². The number of nitrogens with one attached hydrogen (secondary N) is 2. The Kier molecular flexibility index (Phi) is 7.67. The lowest BCUT2D eigenvalue weighted by atomic mass is 10.1. The van der Waals surface area contributed by atoms with Crippen LogP contribution in [0.1, 0.15) is 24.8 Å². The Morgan fingerprint density at radius 2 is 2.15 bits per heavy atom. The van der Waals surface area contributed by atoms with Gasteiger partial charge in [0.15, 0.2) is 0 Å². The van der Waals surface area contributed by atoms with Crippen molar-refractivity contribution >= 4 is 41.5 Å². The van der Waals surface area contributed by atoms with E-state index < -0.39 is 0 Å². The average molecular weight is 338 g/mol. The highest BCUT2D eigenvalue weighted by molar-refractivity contribution is 6.42. The average Bonchev–Trinajstić information content (AvgIpc) is 2.86. The summed E-state index contributed by atoms with van der Waals surface area (Å²) in [6, 6.07) is 5.91. The lowest BCUT2D eigenvalue weighted by Gasteiger charge is -2.11. The van der Waals surface area contributed by atoms with Gasteiger partial charge in [-0.1, -0.05) is 29.3 Å². The van der Waals surface area contributed by atoms with Gasteiger partial charge in [-0.3, -0.25) is 4.79 Å². The van der Waals surface area contributed by atoms with Crippen molar-refractivity contribution in [3.8, 4) is 0 Å². The predicted molar refractivity (Wildman–Crippen MR) is 86.1 cm³/mol. The SMILES string of the molecule is Cl.O=C(CCCc1ccc(Cl)c(Cl)c1)NC1CCNC1. The summed E-state index contributed by atoms with van der Waals surface area (Å²) in [5, 5.41) is 7.40. The van der Waals surface area contributed by atoms with Crippen molar-refractivity contribution in [2.45, 2.75) is 31.7 Å². The topological polar surface area (TPSA) is 41.1 Å². The highest BCUT2D eigenvalue weighted by Crippen LogP contribution is 2.23. The van der Waals surface area contributed by atoms with Crippen LogP contribution in [-0.2, 0) is 11.2 Å². The van der Waals surface area contributed by atoms with Crippen LogP contribution in [0.25, 0.3) is 0 Å². The van der Waals surface area contributed by atoms with Crippen molar-refractivity contribution in [1.82, 2.24) is 10.6 Å². The molecule has 6 heteroatoms. The van der Waals surface area contributed by atoms with Crippen LogP contribution in [0.5, 0.6) is 0 Å². The van der Waals surface area contributed by atoms with Gasteiger partial charge in [0.25, 0.3) is 0 Å². The summed E-state index contributed by atoms with van der Waals surface area (Å²) in [4.78, 5) is 11.7. The van der Waals surface area contributed by atoms with Gasteiger partial charge in [-0.2, -0.15) is 0 Å². The lowest BCUT2D eigenvalue weighted by Crippen LogP contribution is -2.36. The molecule has 1 amide bonds. The predicted octanol–water partition coefficient (Wildman–Crippen LogP) is 3.22. The molecule has 1 aromatic carbocycles. The first kappa shape index (κ1) is 17.6. The highest BCUT2D eigenvalue weighted by atomic mass is 35.5. The molecule has 2 rings (SSSR count). The zero-order chi connectivity index (χ0) is 13.7. The van der Waals surface area contributed by atoms with E-state index in [9.17, 15) is 4.79 Å². The van der Waals surface area contributed by atoms with Gasteiger partial charge >= 0.3 is 0 Å². The number of aryl methyl sites for hydroxylation is 1. The summed E-state index contributed by atoms with van der Waals surface area (Å²) in [6.45, 7) is 1.88. The summed E-state index contributed by atoms with van der Waals surface area (Å²) in [5.74, 6) is 0.133. The second-order valence-corrected chi connectivity index (χ2v) is 5.67. The van der Waals surface area contributed by atoms with Crippen LogP contribution in [0.4, 0.5) is 0 Å². The van der Waals surface area contributed by atoms with E-state index >= 15 is 0 Å². The summed E-state index contributed by atoms with van der Waals surface area (Å²) < 4.78 is 0. The number of benzene rings is 1. The first-order valence-electron chi connectivity index (χ1n) is 6.59. The minimum Gasteiger partial charge on any atom is -0.352 e. The van der Waals surface area contributed by atoms with E-state index in [1.807, 2.05) is 12.1 Å². The van der Waals surface area contributed by atoms with Gasteiger partial charge in [0.2, 0.25) is 5.91 Å². The van der Waals surface area contributed by atoms with E-state index in [1.165, 1.54) is 0 Å². The quantitative estimate of drug-likeness (QED) is 0.866. The van der Waals surface area contributed by atoms with Crippen molar-refractivity contribution in [1.29, 1.82) is 0 Å². The zero-order valence-electron chi connectivity index (χ0n) is 11.1. The molecule has 112 valence electrons. The molecular formula is C14H19Cl3N2O. The normalized spacial score (nSPS) is 17.6. The molecule has 1 heterocycles. The molecule has 2 N–H and O–H groups in total. The maximum atomic E-state index is 11.7. The van der Waals surface area contributed by atoms with Crippen molar-refractivity contribution in [3.05, 3.63) is 33.8 Å². The van der Waals surface area contributed by atoms with Gasteiger partial charge in [0, 0.05) is 19.0 Å². The van der Waals surface area contributed by atoms with Crippen molar-refractivity contribution in [3.63, 3.8) is 0 Å². The molecule has 0 aromatic heterocycles. The molecule has 0 aliphatic carbocycles. The first-order chi connectivity index (χ1) is 9.15. The lowest BCUT2D eigenvalue weighted by molar-refractivity contribution is -0.121. The van der Waals surface area contributed by atoms with E-state index in [2.05, 4.69) is 10.6 Å². The molecule has 1 aliphatic heterocycles. The van der Waals surface area contributed by atoms with Gasteiger partial charge in [0.1, 0.15) is 0 Å². The standard InChI is InChI=1S/C14H18Cl2N2O.ClH/c15-12-5-4-10(8-13(12)16)2-1-3-14(19)18-11-6-7-17-9-11;/h4-5,8,11,17H,1-3,6-7,9H2,(H,18,19);1H. The monoisotopic (exact) mass is 336 g/mol. The molecule has 3 nitrogen and oxygen atoms in total. The van der Waals surface area contributed by atoms with Crippen LogP contribution in [-0.4, -0.2) is 25.0 Å². The fraction of sp³-hybridized carbons (Fsp3) is 0.500. The van der Waals surface area contributed by atoms with Crippen molar-refractivity contribution in [2.75, 3.05) is 13.1 Å². The molecule has 1 unspecified atom stereocenters. The van der Waals surface area contributed by atoms with E-state index in [1.54, 1.807) is 6.07 Å². The van der Waals surface area contributed by atoms with Crippen LogP contribution < -0.4 is 10.6 Å². The summed E-state index contributed by atoms with van der Waals surface area (Å²) in [5.41, 5.74) is 1.12. The molecule has 1 fully saturated rings. The van der Waals surface area contributed by atoms with Gasteiger partial charge in [-0.05, 0) is 43.5 Å². The Balaban J connectivity index is 0.00000200. The third-order valence-electron chi connectivity index (χ3n) is 3.28. The Bertz CT molecular complexity index is 448. The zero-order valence-corrected chi connectivity index (χ0v) is 13.5. The second kappa shape index (κ2) is 8.73. The maximum absolute atomic E-state index is 11.7. The van der Waals surface area contributed by atoms with Crippen LogP contribution >= 0.6 is 35.6 Å². The van der Waals surface area contributed by atoms with E-state index in [0.29, 0.717) is 22.5 Å². The summed E-state index contributed by atoms with van der Waals surface area (Å²) >= 11 is 11.8. The van der Waals surface area contributed by atoms with Crippen LogP contribution in [0.3, 0.4) is 0 Å². The third-order valence-corrected chi connectivity index (χ3v) is 4.02. The van der Waals surface area contributed by atoms with E-state index in [0.717, 1.165) is 37.9 Å². The van der Waals surface area contributed by atoms with Gasteiger partial charge in [-0.15, -0.1) is 12.4 Å². The number of rotatable bonds is 5. The fourth-order valence-corrected chi connectivity index (χ4v) is 2.55. The van der Waals surface area contributed by atoms with Gasteiger partial charge < -0.3 is 10.6 Å². The molecule has 0 radical (unpaired) electrons. The van der Waals surface area contributed by atoms with E-state index in [4.69, 9.17) is 23.2 Å². The summed E-state index contributed by atoms with van der Waals surface area (Å²) in [7, 11) is 0. The van der Waals surface area contributed by atoms with Crippen LogP contribution in [0, 0.1) is 0 Å². The number of hydrogen-bond acceptors (Lipinski definition) is 2. The maximum Gasteiger partial charge on any atom is 0.220 e. The molecule has 0 bridgehead atoms. The Morgan fingerprint density at radius 1 is 1.35 bits per heavy atom. The largest absolute Gasteiger partial charge is 0.352 e. The van der Waals surface area contributed by atoms with Crippen molar-refractivity contribution in [2.24, 2.45) is 0 Å². The molecule has 1 saturated heterocycles. The molecule has 0 saturated carbocycles. The molecule has 20 heavy (non-hydrogen) atoms. The molecular weight excluding hydrogens is 319 g/mol. The van der Waals surface area contributed by atoms with Crippen molar-refractivity contribution < 1.29 is 4.79 Å². The highest BCUT2D eigenvalue weighted by Gasteiger charge is 2.16. The van der Waals surface area contributed by atoms with E-state index in [-0.39, 0.29) is 18.3 Å². The minimum atomic E-state index is 0. The minimum absolute atomic E-state index is 0. The number of carbonyl (C=O) groups excluding carboxylic acids is 1. The molecule has 1 atom stereocenters. The smallest absolute Gasteiger partial charge is 0.220 e. The Hall–Kier alpha value is -0.480. The molecule has 1 aromatic rings. The number of amides is 1. The third kappa shape index (κ3) is 5.49. The van der Waals surface area contributed by atoms with Gasteiger partial charge in [-0.25, -0.2) is 0 Å². The number of carbonyl (C=O) groups is 1. The fourth-order valence-electron chi connectivity index (χ4n) is 2.23. The molecule has 0 spiro atoms. The van der Waals surface area contributed by atoms with Crippen LogP contribution in [0.2, 0.25) is 10.0 Å². The Labute approximate surface area is 135 Å².